The molecule has 3 nitrogen and oxygen atoms in total. The van der Waals surface area contributed by atoms with Crippen LogP contribution >= 0.6 is 0 Å². The van der Waals surface area contributed by atoms with Crippen LogP contribution in [0.3, 0.4) is 0 Å². The van der Waals surface area contributed by atoms with Gasteiger partial charge < -0.3 is 4.42 Å². The van der Waals surface area contributed by atoms with Crippen LogP contribution in [0.4, 0.5) is 0 Å². The number of benzene rings is 6. The molecule has 1 fully saturated rings. The van der Waals surface area contributed by atoms with Crippen LogP contribution in [0.5, 0.6) is 0 Å². The molecule has 2 aromatic heterocycles. The zero-order valence-electron chi connectivity index (χ0n) is 27.2. The number of hydrogen-bond acceptors (Lipinski definition) is 3. The smallest absolute Gasteiger partial charge is 0.180 e. The normalized spacial score (nSPS) is 14.7. The van der Waals surface area contributed by atoms with Crippen LogP contribution in [-0.4, -0.2) is 9.97 Å². The Hall–Kier alpha value is -5.80. The minimum absolute atomic E-state index is 0.160. The van der Waals surface area contributed by atoms with Crippen molar-refractivity contribution >= 4 is 22.1 Å². The third kappa shape index (κ3) is 4.42. The Morgan fingerprint density at radius 3 is 2.04 bits per heavy atom. The molecule has 0 unspecified atom stereocenters. The van der Waals surface area contributed by atoms with Crippen LogP contribution in [0.25, 0.3) is 78.1 Å². The maximum absolute atomic E-state index is 6.42. The van der Waals surface area contributed by atoms with Gasteiger partial charge in [-0.15, -0.1) is 0 Å². The minimum atomic E-state index is 0.160. The zero-order chi connectivity index (χ0) is 32.4. The Balaban J connectivity index is 1.06. The van der Waals surface area contributed by atoms with Crippen molar-refractivity contribution in [3.05, 3.63) is 157 Å². The maximum atomic E-state index is 6.42. The molecule has 0 radical (unpaired) electrons. The third-order valence-electron chi connectivity index (χ3n) is 10.9. The van der Waals surface area contributed by atoms with E-state index >= 15 is 0 Å². The van der Waals surface area contributed by atoms with Gasteiger partial charge in [0.2, 0.25) is 0 Å². The van der Waals surface area contributed by atoms with Gasteiger partial charge in [-0.3, -0.25) is 0 Å². The molecule has 8 aromatic rings. The SMILES string of the molecule is c1ccc(-c2nc(-c3cccc(-c4ccc(-c5cccc6c5-c5ccccc5C65CCCCC5)cc4)c3)c3oc4ccccc4c3n2)cc1. The molecule has 2 heterocycles. The molecule has 0 bridgehead atoms. The molecule has 49 heavy (non-hydrogen) atoms. The predicted octanol–water partition coefficient (Wildman–Crippen LogP) is 12.3. The van der Waals surface area contributed by atoms with E-state index in [0.29, 0.717) is 11.4 Å². The van der Waals surface area contributed by atoms with E-state index in [1.165, 1.54) is 71.0 Å². The lowest BCUT2D eigenvalue weighted by Crippen LogP contribution is -2.27. The largest absolute Gasteiger partial charge is 0.452 e. The first-order valence-corrected chi connectivity index (χ1v) is 17.5. The number of aromatic nitrogens is 2. The first-order valence-electron chi connectivity index (χ1n) is 17.5. The number of hydrogen-bond donors (Lipinski definition) is 0. The predicted molar refractivity (Wildman–Crippen MR) is 200 cm³/mol. The first-order chi connectivity index (χ1) is 24.3. The topological polar surface area (TPSA) is 38.9 Å². The summed E-state index contributed by atoms with van der Waals surface area (Å²) in [5.74, 6) is 0.691. The molecule has 2 aliphatic rings. The third-order valence-corrected chi connectivity index (χ3v) is 10.9. The Morgan fingerprint density at radius 2 is 1.16 bits per heavy atom. The fourth-order valence-electron chi connectivity index (χ4n) is 8.63. The minimum Gasteiger partial charge on any atom is -0.452 e. The van der Waals surface area contributed by atoms with E-state index in [-0.39, 0.29) is 5.41 Å². The molecular weight excluding hydrogens is 597 g/mol. The van der Waals surface area contributed by atoms with E-state index in [0.717, 1.165) is 38.9 Å². The summed E-state index contributed by atoms with van der Waals surface area (Å²) >= 11 is 0. The molecule has 0 amide bonds. The molecule has 1 saturated carbocycles. The standard InChI is InChI=1S/C46H34N2O/c1-3-13-32(14-4-1)45-47-42(44-43(48-45)37-18-6-8-22-40(37)49-44)34-16-11-15-33(29-34)30-23-25-31(26-24-30)35-19-12-21-39-41(35)36-17-5-7-20-38(36)46(39)27-9-2-10-28-46/h1,3-8,11-26,29H,2,9-10,27-28H2. The Labute approximate surface area is 285 Å². The average Bonchev–Trinajstić information content (AvgIpc) is 3.69. The zero-order valence-corrected chi connectivity index (χ0v) is 27.2. The second-order valence-corrected chi connectivity index (χ2v) is 13.6. The lowest BCUT2D eigenvalue weighted by atomic mass is 9.68. The molecule has 10 rings (SSSR count). The van der Waals surface area contributed by atoms with E-state index < -0.39 is 0 Å². The van der Waals surface area contributed by atoms with E-state index in [2.05, 4.69) is 109 Å². The molecule has 1 spiro atoms. The van der Waals surface area contributed by atoms with Crippen molar-refractivity contribution in [2.24, 2.45) is 0 Å². The van der Waals surface area contributed by atoms with Gasteiger partial charge in [-0.25, -0.2) is 9.97 Å². The van der Waals surface area contributed by atoms with Gasteiger partial charge in [0.25, 0.3) is 0 Å². The second-order valence-electron chi connectivity index (χ2n) is 13.6. The van der Waals surface area contributed by atoms with Crippen LogP contribution in [0.2, 0.25) is 0 Å². The molecule has 2 aliphatic carbocycles. The number of para-hydroxylation sites is 1. The molecule has 0 N–H and O–H groups in total. The van der Waals surface area contributed by atoms with E-state index in [1.54, 1.807) is 0 Å². The Morgan fingerprint density at radius 1 is 0.490 bits per heavy atom. The monoisotopic (exact) mass is 630 g/mol. The Bertz CT molecular complexity index is 2520. The van der Waals surface area contributed by atoms with Crippen molar-refractivity contribution in [2.45, 2.75) is 37.5 Å². The molecule has 234 valence electrons. The molecule has 0 atom stereocenters. The fraction of sp³-hybridized carbons (Fsp3) is 0.130. The van der Waals surface area contributed by atoms with Crippen LogP contribution in [0.15, 0.2) is 150 Å². The van der Waals surface area contributed by atoms with Gasteiger partial charge in [0, 0.05) is 21.9 Å². The van der Waals surface area contributed by atoms with Crippen LogP contribution in [0.1, 0.15) is 43.2 Å². The van der Waals surface area contributed by atoms with Gasteiger partial charge in [0.1, 0.15) is 16.8 Å². The quantitative estimate of drug-likeness (QED) is 0.194. The van der Waals surface area contributed by atoms with Crippen molar-refractivity contribution in [3.8, 4) is 56.0 Å². The molecule has 0 aliphatic heterocycles. The van der Waals surface area contributed by atoms with Gasteiger partial charge in [0.15, 0.2) is 11.4 Å². The van der Waals surface area contributed by atoms with E-state index in [4.69, 9.17) is 14.4 Å². The van der Waals surface area contributed by atoms with Gasteiger partial charge in [-0.2, -0.15) is 0 Å². The fourth-order valence-corrected chi connectivity index (χ4v) is 8.63. The lowest BCUT2D eigenvalue weighted by Gasteiger charge is -2.36. The van der Waals surface area contributed by atoms with Crippen molar-refractivity contribution in [3.63, 3.8) is 0 Å². The maximum Gasteiger partial charge on any atom is 0.180 e. The van der Waals surface area contributed by atoms with E-state index in [9.17, 15) is 0 Å². The molecule has 0 saturated heterocycles. The number of nitrogens with zero attached hydrogens (tertiary/aromatic N) is 2. The van der Waals surface area contributed by atoms with Crippen molar-refractivity contribution in [1.29, 1.82) is 0 Å². The van der Waals surface area contributed by atoms with Crippen LogP contribution in [-0.2, 0) is 5.41 Å². The van der Waals surface area contributed by atoms with Gasteiger partial charge in [0.05, 0.1) is 0 Å². The second kappa shape index (κ2) is 11.1. The highest BCUT2D eigenvalue weighted by Gasteiger charge is 2.44. The summed E-state index contributed by atoms with van der Waals surface area (Å²) in [4.78, 5) is 10.1. The summed E-state index contributed by atoms with van der Waals surface area (Å²) in [6, 6.07) is 52.2. The highest BCUT2D eigenvalue weighted by Crippen LogP contribution is 2.57. The van der Waals surface area contributed by atoms with Crippen LogP contribution in [0, 0.1) is 0 Å². The Kier molecular flexibility index (Phi) is 6.42. The average molecular weight is 631 g/mol. The summed E-state index contributed by atoms with van der Waals surface area (Å²) < 4.78 is 6.42. The highest BCUT2D eigenvalue weighted by molar-refractivity contribution is 6.07. The summed E-state index contributed by atoms with van der Waals surface area (Å²) in [7, 11) is 0. The summed E-state index contributed by atoms with van der Waals surface area (Å²) in [6.45, 7) is 0. The molecule has 3 heteroatoms. The summed E-state index contributed by atoms with van der Waals surface area (Å²) in [6.07, 6.45) is 6.44. The number of rotatable bonds is 4. The van der Waals surface area contributed by atoms with E-state index in [1.807, 2.05) is 36.4 Å². The lowest BCUT2D eigenvalue weighted by molar-refractivity contribution is 0.353. The first kappa shape index (κ1) is 28.2. The summed E-state index contributed by atoms with van der Waals surface area (Å²) in [5, 5.41) is 0.995. The van der Waals surface area contributed by atoms with Crippen molar-refractivity contribution in [1.82, 2.24) is 9.97 Å². The molecule has 6 aromatic carbocycles. The highest BCUT2D eigenvalue weighted by atomic mass is 16.3. The van der Waals surface area contributed by atoms with Crippen LogP contribution < -0.4 is 0 Å². The van der Waals surface area contributed by atoms with Gasteiger partial charge in [-0.05, 0) is 75.5 Å². The number of fused-ring (bicyclic) bond motifs is 8. The van der Waals surface area contributed by atoms with Gasteiger partial charge >= 0.3 is 0 Å². The molecular formula is C46H34N2O. The summed E-state index contributed by atoms with van der Waals surface area (Å²) in [5.41, 5.74) is 16.1. The van der Waals surface area contributed by atoms with Crippen molar-refractivity contribution < 1.29 is 4.42 Å². The van der Waals surface area contributed by atoms with Gasteiger partial charge in [-0.1, -0.05) is 147 Å². The number of furan rings is 1. The van der Waals surface area contributed by atoms with Crippen molar-refractivity contribution in [2.75, 3.05) is 0 Å².